The highest BCUT2D eigenvalue weighted by Gasteiger charge is 2.16. The molecule has 0 aliphatic carbocycles. The van der Waals surface area contributed by atoms with E-state index in [4.69, 9.17) is 21.4 Å². The third kappa shape index (κ3) is 3.99. The van der Waals surface area contributed by atoms with Crippen molar-refractivity contribution >= 4 is 23.6 Å². The van der Waals surface area contributed by atoms with Gasteiger partial charge in [-0.15, -0.1) is 0 Å². The summed E-state index contributed by atoms with van der Waals surface area (Å²) >= 11 is 5.93. The summed E-state index contributed by atoms with van der Waals surface area (Å²) in [6.07, 6.45) is 4.36. The van der Waals surface area contributed by atoms with E-state index in [2.05, 4.69) is 5.32 Å². The Hall–Kier alpha value is -1.52. The molecular formula is C15H18ClNO3. The summed E-state index contributed by atoms with van der Waals surface area (Å²) in [5, 5.41) is 12.1. The van der Waals surface area contributed by atoms with Crippen LogP contribution in [-0.2, 0) is 4.79 Å². The fraction of sp³-hybridized carbons (Fsp3) is 0.400. The van der Waals surface area contributed by atoms with Gasteiger partial charge in [0.1, 0.15) is 12.4 Å². The number of amides is 1. The summed E-state index contributed by atoms with van der Waals surface area (Å²) in [6, 6.07) is 5.35. The molecule has 1 aliphatic rings. The van der Waals surface area contributed by atoms with Gasteiger partial charge >= 0.3 is 0 Å². The monoisotopic (exact) mass is 295 g/mol. The Morgan fingerprint density at radius 2 is 2.20 bits per heavy atom. The first kappa shape index (κ1) is 14.9. The fourth-order valence-corrected chi connectivity index (χ4v) is 2.19. The molecular weight excluding hydrogens is 278 g/mol. The largest absolute Gasteiger partial charge is 0.488 e. The molecule has 2 rings (SSSR count). The lowest BCUT2D eigenvalue weighted by Gasteiger charge is -2.17. The lowest BCUT2D eigenvalue weighted by molar-refractivity contribution is -0.117. The number of rotatable bonds is 6. The van der Waals surface area contributed by atoms with Crippen LogP contribution in [0.3, 0.4) is 0 Å². The van der Waals surface area contributed by atoms with Gasteiger partial charge in [0.15, 0.2) is 0 Å². The van der Waals surface area contributed by atoms with Crippen molar-refractivity contribution in [2.45, 2.75) is 19.3 Å². The zero-order valence-corrected chi connectivity index (χ0v) is 11.9. The maximum absolute atomic E-state index is 12.0. The van der Waals surface area contributed by atoms with Crippen molar-refractivity contribution in [2.24, 2.45) is 0 Å². The molecule has 0 unspecified atom stereocenters. The first-order valence-corrected chi connectivity index (χ1v) is 7.10. The molecule has 1 heterocycles. The minimum atomic E-state index is -0.111. The Bertz CT molecular complexity index is 514. The fourth-order valence-electron chi connectivity index (χ4n) is 2.01. The summed E-state index contributed by atoms with van der Waals surface area (Å²) < 4.78 is 5.54. The van der Waals surface area contributed by atoms with Gasteiger partial charge in [-0.1, -0.05) is 11.6 Å². The predicted molar refractivity (Wildman–Crippen MR) is 78.9 cm³/mol. The van der Waals surface area contributed by atoms with Crippen LogP contribution < -0.4 is 10.1 Å². The number of nitrogens with one attached hydrogen (secondary N) is 1. The van der Waals surface area contributed by atoms with Crippen molar-refractivity contribution in [1.82, 2.24) is 5.32 Å². The molecule has 0 saturated heterocycles. The van der Waals surface area contributed by atoms with Gasteiger partial charge in [0.05, 0.1) is 5.57 Å². The van der Waals surface area contributed by atoms with E-state index in [9.17, 15) is 4.79 Å². The molecule has 5 heteroatoms. The second-order valence-corrected chi connectivity index (χ2v) is 5.12. The van der Waals surface area contributed by atoms with Gasteiger partial charge in [0.25, 0.3) is 5.91 Å². The maximum Gasteiger partial charge on any atom is 0.250 e. The minimum absolute atomic E-state index is 0.111. The third-order valence-electron chi connectivity index (χ3n) is 3.10. The molecule has 0 aromatic heterocycles. The van der Waals surface area contributed by atoms with E-state index in [1.165, 1.54) is 0 Å². The highest BCUT2D eigenvalue weighted by Crippen LogP contribution is 2.28. The van der Waals surface area contributed by atoms with Crippen LogP contribution in [0.5, 0.6) is 5.75 Å². The number of carbonyl (C=O) groups is 1. The average Bonchev–Trinajstić information content (AvgIpc) is 2.46. The van der Waals surface area contributed by atoms with Crippen LogP contribution in [0, 0.1) is 0 Å². The van der Waals surface area contributed by atoms with Crippen LogP contribution in [0.1, 0.15) is 24.8 Å². The molecule has 4 nitrogen and oxygen atoms in total. The van der Waals surface area contributed by atoms with Crippen molar-refractivity contribution < 1.29 is 14.6 Å². The summed E-state index contributed by atoms with van der Waals surface area (Å²) in [5.41, 5.74) is 1.43. The smallest absolute Gasteiger partial charge is 0.250 e. The highest BCUT2D eigenvalue weighted by atomic mass is 35.5. The van der Waals surface area contributed by atoms with Crippen molar-refractivity contribution in [3.05, 3.63) is 34.4 Å². The van der Waals surface area contributed by atoms with E-state index >= 15 is 0 Å². The van der Waals surface area contributed by atoms with Crippen molar-refractivity contribution in [3.8, 4) is 5.75 Å². The number of halogens is 1. The lowest BCUT2D eigenvalue weighted by Crippen LogP contribution is -2.29. The topological polar surface area (TPSA) is 58.6 Å². The molecule has 1 aliphatic heterocycles. The number of ether oxygens (including phenoxy) is 1. The predicted octanol–water partition coefficient (Wildman–Crippen LogP) is 2.39. The molecule has 1 aromatic carbocycles. The summed E-state index contributed by atoms with van der Waals surface area (Å²) in [6.45, 7) is 1.08. The first-order valence-electron chi connectivity index (χ1n) is 6.72. The third-order valence-corrected chi connectivity index (χ3v) is 3.33. The van der Waals surface area contributed by atoms with Crippen molar-refractivity contribution in [2.75, 3.05) is 19.8 Å². The number of hydrogen-bond acceptors (Lipinski definition) is 3. The standard InChI is InChI=1S/C15H18ClNO3/c16-13-4-5-14-11(9-13)8-12(10-20-14)15(19)17-6-2-1-3-7-18/h4-5,8-9,18H,1-3,6-7,10H2,(H,17,19). The molecule has 0 saturated carbocycles. The number of unbranched alkanes of at least 4 members (excludes halogenated alkanes) is 2. The molecule has 108 valence electrons. The molecule has 0 bridgehead atoms. The molecule has 0 radical (unpaired) electrons. The summed E-state index contributed by atoms with van der Waals surface area (Å²) in [7, 11) is 0. The molecule has 0 spiro atoms. The maximum atomic E-state index is 12.0. The number of hydrogen-bond donors (Lipinski definition) is 2. The van der Waals surface area contributed by atoms with Gasteiger partial charge in [-0.05, 0) is 43.5 Å². The molecule has 2 N–H and O–H groups in total. The number of aliphatic hydroxyl groups is 1. The van der Waals surface area contributed by atoms with E-state index in [0.717, 1.165) is 30.6 Å². The second kappa shape index (κ2) is 7.31. The number of carbonyl (C=O) groups excluding carboxylic acids is 1. The van der Waals surface area contributed by atoms with Gasteiger partial charge in [-0.25, -0.2) is 0 Å². The van der Waals surface area contributed by atoms with E-state index < -0.39 is 0 Å². The zero-order valence-electron chi connectivity index (χ0n) is 11.2. The van der Waals surface area contributed by atoms with Gasteiger partial charge in [-0.2, -0.15) is 0 Å². The van der Waals surface area contributed by atoms with Crippen molar-refractivity contribution in [1.29, 1.82) is 0 Å². The summed E-state index contributed by atoms with van der Waals surface area (Å²) in [4.78, 5) is 12.0. The average molecular weight is 296 g/mol. The van der Waals surface area contributed by atoms with Gasteiger partial charge in [0, 0.05) is 23.7 Å². The highest BCUT2D eigenvalue weighted by molar-refractivity contribution is 6.30. The number of fused-ring (bicyclic) bond motifs is 1. The first-order chi connectivity index (χ1) is 9.70. The molecule has 1 amide bonds. The van der Waals surface area contributed by atoms with Crippen LogP contribution in [-0.4, -0.2) is 30.8 Å². The molecule has 0 fully saturated rings. The Kier molecular flexibility index (Phi) is 5.44. The summed E-state index contributed by atoms with van der Waals surface area (Å²) in [5.74, 6) is 0.633. The van der Waals surface area contributed by atoms with E-state index in [1.54, 1.807) is 18.2 Å². The van der Waals surface area contributed by atoms with E-state index in [0.29, 0.717) is 17.1 Å². The van der Waals surface area contributed by atoms with Crippen LogP contribution in [0.25, 0.3) is 6.08 Å². The van der Waals surface area contributed by atoms with Crippen molar-refractivity contribution in [3.63, 3.8) is 0 Å². The number of aliphatic hydroxyl groups excluding tert-OH is 1. The SMILES string of the molecule is O=C(NCCCCCO)C1=Cc2cc(Cl)ccc2OC1. The Labute approximate surface area is 123 Å². The molecule has 1 aromatic rings. The van der Waals surface area contributed by atoms with E-state index in [1.807, 2.05) is 6.08 Å². The second-order valence-electron chi connectivity index (χ2n) is 4.68. The zero-order chi connectivity index (χ0) is 14.4. The Balaban J connectivity index is 1.91. The van der Waals surface area contributed by atoms with Gasteiger partial charge in [0.2, 0.25) is 0 Å². The Morgan fingerprint density at radius 3 is 3.00 bits per heavy atom. The Morgan fingerprint density at radius 1 is 1.35 bits per heavy atom. The lowest BCUT2D eigenvalue weighted by atomic mass is 10.1. The van der Waals surface area contributed by atoms with Crippen LogP contribution in [0.2, 0.25) is 5.02 Å². The van der Waals surface area contributed by atoms with E-state index in [-0.39, 0.29) is 19.1 Å². The number of benzene rings is 1. The quantitative estimate of drug-likeness (QED) is 0.792. The molecule has 20 heavy (non-hydrogen) atoms. The minimum Gasteiger partial charge on any atom is -0.488 e. The normalized spacial score (nSPS) is 13.2. The van der Waals surface area contributed by atoms with Crippen LogP contribution >= 0.6 is 11.6 Å². The van der Waals surface area contributed by atoms with Crippen LogP contribution in [0.4, 0.5) is 0 Å². The van der Waals surface area contributed by atoms with Gasteiger partial charge < -0.3 is 15.2 Å². The van der Waals surface area contributed by atoms with Gasteiger partial charge in [-0.3, -0.25) is 4.79 Å². The van der Waals surface area contributed by atoms with Crippen LogP contribution in [0.15, 0.2) is 23.8 Å². The molecule has 0 atom stereocenters.